The maximum Gasteiger partial charge on any atom is 0.130 e. The van der Waals surface area contributed by atoms with E-state index < -0.39 is 0 Å². The van der Waals surface area contributed by atoms with Crippen LogP contribution in [-0.4, -0.2) is 34.9 Å². The van der Waals surface area contributed by atoms with Gasteiger partial charge >= 0.3 is 0 Å². The minimum Gasteiger partial charge on any atom is -0.365 e. The number of rotatable bonds is 3. The third kappa shape index (κ3) is 2.86. The Balaban J connectivity index is 2.07. The molecule has 1 aliphatic heterocycles. The van der Waals surface area contributed by atoms with Crippen molar-refractivity contribution < 1.29 is 0 Å². The minimum atomic E-state index is 0.162. The van der Waals surface area contributed by atoms with Gasteiger partial charge < -0.3 is 10.6 Å². The summed E-state index contributed by atoms with van der Waals surface area (Å²) in [6.07, 6.45) is 5.91. The third-order valence-electron chi connectivity index (χ3n) is 2.99. The fraction of sp³-hybridized carbons (Fsp3) is 0.636. The van der Waals surface area contributed by atoms with E-state index in [-0.39, 0.29) is 5.54 Å². The maximum atomic E-state index is 4.27. The molecule has 0 spiro atoms. The van der Waals surface area contributed by atoms with Crippen LogP contribution in [0.5, 0.6) is 0 Å². The van der Waals surface area contributed by atoms with Gasteiger partial charge in [0.2, 0.25) is 0 Å². The van der Waals surface area contributed by atoms with Gasteiger partial charge in [0.15, 0.2) is 0 Å². The van der Waals surface area contributed by atoms with Crippen molar-refractivity contribution in [2.75, 3.05) is 24.7 Å². The first-order valence-electron chi connectivity index (χ1n) is 5.57. The highest BCUT2D eigenvalue weighted by Crippen LogP contribution is 2.23. The molecule has 2 N–H and O–H groups in total. The van der Waals surface area contributed by atoms with Crippen LogP contribution in [0.1, 0.15) is 19.8 Å². The number of thioether (sulfide) groups is 1. The summed E-state index contributed by atoms with van der Waals surface area (Å²) in [7, 11) is 0. The van der Waals surface area contributed by atoms with E-state index in [2.05, 4.69) is 27.5 Å². The lowest BCUT2D eigenvalue weighted by atomic mass is 9.91. The van der Waals surface area contributed by atoms with Crippen molar-refractivity contribution in [3.05, 3.63) is 12.4 Å². The molecule has 0 saturated carbocycles. The summed E-state index contributed by atoms with van der Waals surface area (Å²) in [6, 6.07) is 2.01. The molecule has 0 atom stereocenters. The highest BCUT2D eigenvalue weighted by molar-refractivity contribution is 7.98. The lowest BCUT2D eigenvalue weighted by Crippen LogP contribution is -2.45. The maximum absolute atomic E-state index is 4.27. The summed E-state index contributed by atoms with van der Waals surface area (Å²) < 4.78 is 0. The highest BCUT2D eigenvalue weighted by Gasteiger charge is 2.26. The molecule has 1 aromatic heterocycles. The molecule has 2 rings (SSSR count). The van der Waals surface area contributed by atoms with Crippen LogP contribution in [0.3, 0.4) is 0 Å². The zero-order chi connectivity index (χ0) is 11.4. The Bertz CT molecular complexity index is 350. The van der Waals surface area contributed by atoms with Crippen molar-refractivity contribution in [3.8, 4) is 0 Å². The summed E-state index contributed by atoms with van der Waals surface area (Å²) in [5.41, 5.74) is 0.162. The van der Waals surface area contributed by atoms with Crippen LogP contribution in [0.25, 0.3) is 0 Å². The van der Waals surface area contributed by atoms with E-state index >= 15 is 0 Å². The topological polar surface area (TPSA) is 49.8 Å². The van der Waals surface area contributed by atoms with Gasteiger partial charge in [-0.2, -0.15) is 0 Å². The van der Waals surface area contributed by atoms with Gasteiger partial charge in [-0.3, -0.25) is 0 Å². The number of nitrogens with zero attached hydrogens (tertiary/aromatic N) is 2. The van der Waals surface area contributed by atoms with Gasteiger partial charge in [0.1, 0.15) is 17.2 Å². The molecule has 0 unspecified atom stereocenters. The second kappa shape index (κ2) is 5.01. The van der Waals surface area contributed by atoms with E-state index in [1.165, 1.54) is 0 Å². The Morgan fingerprint density at radius 1 is 1.38 bits per heavy atom. The first-order chi connectivity index (χ1) is 7.72. The van der Waals surface area contributed by atoms with Gasteiger partial charge in [-0.15, -0.1) is 11.8 Å². The standard InChI is InChI=1S/C11H18N4S/c1-11(3-5-12-6-4-11)15-9-7-10(16-2)14-8-13-9/h7-8,12H,3-6H2,1-2H3,(H,13,14,15). The zero-order valence-corrected chi connectivity index (χ0v) is 10.6. The smallest absolute Gasteiger partial charge is 0.130 e. The summed E-state index contributed by atoms with van der Waals surface area (Å²) in [5.74, 6) is 0.934. The molecule has 5 heteroatoms. The van der Waals surface area contributed by atoms with Crippen LogP contribution in [0.4, 0.5) is 5.82 Å². The van der Waals surface area contributed by atoms with Crippen LogP contribution in [-0.2, 0) is 0 Å². The van der Waals surface area contributed by atoms with E-state index in [4.69, 9.17) is 0 Å². The van der Waals surface area contributed by atoms with Crippen LogP contribution in [0.2, 0.25) is 0 Å². The molecule has 0 radical (unpaired) electrons. The summed E-state index contributed by atoms with van der Waals surface area (Å²) in [6.45, 7) is 4.41. The van der Waals surface area contributed by atoms with Crippen LogP contribution >= 0.6 is 11.8 Å². The van der Waals surface area contributed by atoms with Gasteiger partial charge in [0.05, 0.1) is 0 Å². The van der Waals surface area contributed by atoms with Crippen molar-refractivity contribution in [2.45, 2.75) is 30.3 Å². The number of aromatic nitrogens is 2. The first kappa shape index (κ1) is 11.7. The Kier molecular flexibility index (Phi) is 3.66. The highest BCUT2D eigenvalue weighted by atomic mass is 32.2. The molecule has 1 saturated heterocycles. The van der Waals surface area contributed by atoms with E-state index in [1.54, 1.807) is 18.1 Å². The molecule has 1 aromatic rings. The molecule has 2 heterocycles. The van der Waals surface area contributed by atoms with Gasteiger partial charge in [-0.05, 0) is 39.1 Å². The Labute approximate surface area is 101 Å². The second-order valence-corrected chi connectivity index (χ2v) is 5.21. The largest absolute Gasteiger partial charge is 0.365 e. The zero-order valence-electron chi connectivity index (χ0n) is 9.79. The summed E-state index contributed by atoms with van der Waals surface area (Å²) in [5, 5.41) is 7.91. The fourth-order valence-electron chi connectivity index (χ4n) is 1.93. The average Bonchev–Trinajstić information content (AvgIpc) is 2.29. The van der Waals surface area contributed by atoms with Crippen LogP contribution in [0, 0.1) is 0 Å². The van der Waals surface area contributed by atoms with Crippen LogP contribution in [0.15, 0.2) is 17.4 Å². The van der Waals surface area contributed by atoms with Gasteiger partial charge in [0.25, 0.3) is 0 Å². The van der Waals surface area contributed by atoms with Gasteiger partial charge in [-0.25, -0.2) is 9.97 Å². The van der Waals surface area contributed by atoms with Crippen LogP contribution < -0.4 is 10.6 Å². The molecule has 0 amide bonds. The molecular formula is C11H18N4S. The predicted octanol–water partition coefficient (Wildman–Crippen LogP) is 1.75. The van der Waals surface area contributed by atoms with Crippen molar-refractivity contribution in [1.82, 2.24) is 15.3 Å². The molecule has 1 fully saturated rings. The molecule has 0 aliphatic carbocycles. The Morgan fingerprint density at radius 2 is 2.12 bits per heavy atom. The molecule has 88 valence electrons. The molecular weight excluding hydrogens is 220 g/mol. The van der Waals surface area contributed by atoms with E-state index in [1.807, 2.05) is 12.3 Å². The Hall–Kier alpha value is -0.810. The predicted molar refractivity (Wildman–Crippen MR) is 67.9 cm³/mol. The molecule has 0 bridgehead atoms. The van der Waals surface area contributed by atoms with E-state index in [0.29, 0.717) is 0 Å². The molecule has 1 aliphatic rings. The minimum absolute atomic E-state index is 0.162. The van der Waals surface area contributed by atoms with Gasteiger partial charge in [0, 0.05) is 11.6 Å². The number of hydrogen-bond donors (Lipinski definition) is 2. The molecule has 0 aromatic carbocycles. The lowest BCUT2D eigenvalue weighted by molar-refractivity contribution is 0.364. The fourth-order valence-corrected chi connectivity index (χ4v) is 2.31. The second-order valence-electron chi connectivity index (χ2n) is 4.38. The van der Waals surface area contributed by atoms with E-state index in [0.717, 1.165) is 36.8 Å². The number of anilines is 1. The first-order valence-corrected chi connectivity index (χ1v) is 6.79. The SMILES string of the molecule is CSc1cc(NC2(C)CCNCC2)ncn1. The number of hydrogen-bond acceptors (Lipinski definition) is 5. The quantitative estimate of drug-likeness (QED) is 0.620. The van der Waals surface area contributed by atoms with Crippen molar-refractivity contribution >= 4 is 17.6 Å². The Morgan fingerprint density at radius 3 is 2.81 bits per heavy atom. The average molecular weight is 238 g/mol. The molecule has 4 nitrogen and oxygen atoms in total. The normalized spacial score (nSPS) is 19.4. The summed E-state index contributed by atoms with van der Waals surface area (Å²) in [4.78, 5) is 8.44. The van der Waals surface area contributed by atoms with Crippen molar-refractivity contribution in [1.29, 1.82) is 0 Å². The number of nitrogens with one attached hydrogen (secondary N) is 2. The van der Waals surface area contributed by atoms with E-state index in [9.17, 15) is 0 Å². The third-order valence-corrected chi connectivity index (χ3v) is 3.63. The summed E-state index contributed by atoms with van der Waals surface area (Å²) >= 11 is 1.64. The van der Waals surface area contributed by atoms with Crippen molar-refractivity contribution in [2.24, 2.45) is 0 Å². The molecule has 16 heavy (non-hydrogen) atoms. The lowest BCUT2D eigenvalue weighted by Gasteiger charge is -2.35. The van der Waals surface area contributed by atoms with Crippen molar-refractivity contribution in [3.63, 3.8) is 0 Å². The van der Waals surface area contributed by atoms with Gasteiger partial charge in [-0.1, -0.05) is 0 Å². The number of piperidine rings is 1. The monoisotopic (exact) mass is 238 g/mol.